The average molecular weight is 346 g/mol. The maximum absolute atomic E-state index is 12.6. The minimum atomic E-state index is 0.0959. The van der Waals surface area contributed by atoms with E-state index in [1.54, 1.807) is 11.0 Å². The molecule has 2 unspecified atom stereocenters. The lowest BCUT2D eigenvalue weighted by Crippen LogP contribution is -2.25. The molecule has 1 saturated carbocycles. The predicted molar refractivity (Wildman–Crippen MR) is 99.4 cm³/mol. The van der Waals surface area contributed by atoms with Gasteiger partial charge in [0.25, 0.3) is 0 Å². The van der Waals surface area contributed by atoms with E-state index in [0.29, 0.717) is 19.0 Å². The Bertz CT molecular complexity index is 904. The molecule has 1 amide bonds. The number of nitrogens with one attached hydrogen (secondary N) is 1. The van der Waals surface area contributed by atoms with Gasteiger partial charge in [0.2, 0.25) is 5.91 Å². The van der Waals surface area contributed by atoms with Crippen LogP contribution in [-0.4, -0.2) is 20.7 Å². The molecule has 0 aliphatic heterocycles. The number of carbonyl (C=O) groups is 1. The Kier molecular flexibility index (Phi) is 4.52. The second kappa shape index (κ2) is 7.12. The van der Waals surface area contributed by atoms with Crippen molar-refractivity contribution in [3.8, 4) is 0 Å². The van der Waals surface area contributed by atoms with Crippen molar-refractivity contribution in [3.05, 3.63) is 83.4 Å². The summed E-state index contributed by atoms with van der Waals surface area (Å²) in [6.07, 6.45) is 4.17. The topological polar surface area (TPSA) is 59.8 Å². The van der Waals surface area contributed by atoms with Crippen molar-refractivity contribution in [2.24, 2.45) is 5.92 Å². The van der Waals surface area contributed by atoms with E-state index >= 15 is 0 Å². The number of carbonyl (C=O) groups excluding carboxylic acids is 1. The molecule has 1 aliphatic carbocycles. The van der Waals surface area contributed by atoms with Gasteiger partial charge in [-0.1, -0.05) is 48.5 Å². The Morgan fingerprint density at radius 1 is 1.15 bits per heavy atom. The van der Waals surface area contributed by atoms with Gasteiger partial charge in [-0.2, -0.15) is 5.10 Å². The van der Waals surface area contributed by atoms with Crippen LogP contribution in [0.4, 0.5) is 0 Å². The molecule has 0 spiro atoms. The summed E-state index contributed by atoms with van der Waals surface area (Å²) in [5.74, 6) is 0.606. The van der Waals surface area contributed by atoms with Crippen molar-refractivity contribution in [1.82, 2.24) is 20.1 Å². The summed E-state index contributed by atoms with van der Waals surface area (Å²) in [4.78, 5) is 16.5. The Balaban J connectivity index is 1.38. The molecule has 2 aromatic carbocycles. The van der Waals surface area contributed by atoms with Crippen LogP contribution in [0.1, 0.15) is 34.6 Å². The van der Waals surface area contributed by atoms with Gasteiger partial charge in [0.1, 0.15) is 12.7 Å². The maximum Gasteiger partial charge on any atom is 0.224 e. The summed E-state index contributed by atoms with van der Waals surface area (Å²) in [6, 6.07) is 16.5. The summed E-state index contributed by atoms with van der Waals surface area (Å²) in [5, 5.41) is 7.27. The van der Waals surface area contributed by atoms with Gasteiger partial charge in [-0.25, -0.2) is 9.67 Å². The first-order valence-corrected chi connectivity index (χ1v) is 8.95. The van der Waals surface area contributed by atoms with Gasteiger partial charge in [0.15, 0.2) is 0 Å². The van der Waals surface area contributed by atoms with Gasteiger partial charge in [-0.3, -0.25) is 4.79 Å². The molecule has 1 N–H and O–H groups in total. The van der Waals surface area contributed by atoms with Crippen molar-refractivity contribution in [3.63, 3.8) is 0 Å². The largest absolute Gasteiger partial charge is 0.352 e. The van der Waals surface area contributed by atoms with Gasteiger partial charge in [0.05, 0.1) is 6.54 Å². The van der Waals surface area contributed by atoms with Crippen LogP contribution in [0.2, 0.25) is 0 Å². The fourth-order valence-corrected chi connectivity index (χ4v) is 3.52. The number of hydrogen-bond donors (Lipinski definition) is 1. The molecule has 4 rings (SSSR count). The second-order valence-corrected chi connectivity index (χ2v) is 6.88. The number of aryl methyl sites for hydroxylation is 1. The zero-order valence-electron chi connectivity index (χ0n) is 14.8. The van der Waals surface area contributed by atoms with Crippen LogP contribution in [0.3, 0.4) is 0 Å². The molecule has 5 heteroatoms. The molecule has 1 heterocycles. The molecule has 26 heavy (non-hydrogen) atoms. The fraction of sp³-hybridized carbons (Fsp3) is 0.286. The second-order valence-electron chi connectivity index (χ2n) is 6.88. The summed E-state index contributed by atoms with van der Waals surface area (Å²) in [7, 11) is 0. The quantitative estimate of drug-likeness (QED) is 0.746. The number of amides is 1. The van der Waals surface area contributed by atoms with Crippen molar-refractivity contribution in [1.29, 1.82) is 0 Å². The van der Waals surface area contributed by atoms with E-state index in [9.17, 15) is 4.79 Å². The third-order valence-electron chi connectivity index (χ3n) is 5.09. The van der Waals surface area contributed by atoms with Crippen LogP contribution < -0.4 is 5.32 Å². The van der Waals surface area contributed by atoms with E-state index in [2.05, 4.69) is 52.7 Å². The first kappa shape index (κ1) is 16.5. The first-order valence-electron chi connectivity index (χ1n) is 8.95. The van der Waals surface area contributed by atoms with E-state index in [-0.39, 0.29) is 11.8 Å². The highest BCUT2D eigenvalue weighted by atomic mass is 16.2. The highest BCUT2D eigenvalue weighted by Gasteiger charge is 2.44. The lowest BCUT2D eigenvalue weighted by atomic mass is 10.0. The number of benzene rings is 2. The Labute approximate surface area is 153 Å². The highest BCUT2D eigenvalue weighted by molar-refractivity contribution is 5.83. The van der Waals surface area contributed by atoms with Crippen molar-refractivity contribution >= 4 is 5.91 Å². The molecule has 1 aromatic heterocycles. The Hall–Kier alpha value is -2.95. The van der Waals surface area contributed by atoms with Crippen molar-refractivity contribution in [2.75, 3.05) is 0 Å². The van der Waals surface area contributed by atoms with Crippen LogP contribution >= 0.6 is 0 Å². The predicted octanol–water partition coefficient (Wildman–Crippen LogP) is 3.05. The normalized spacial score (nSPS) is 18.5. The molecule has 0 bridgehead atoms. The molecule has 0 saturated heterocycles. The first-order chi connectivity index (χ1) is 12.7. The molecule has 2 atom stereocenters. The average Bonchev–Trinajstić information content (AvgIpc) is 3.29. The molecular weight excluding hydrogens is 324 g/mol. The molecule has 132 valence electrons. The van der Waals surface area contributed by atoms with Crippen LogP contribution in [0.25, 0.3) is 0 Å². The zero-order chi connectivity index (χ0) is 17.9. The van der Waals surface area contributed by atoms with Gasteiger partial charge in [0, 0.05) is 12.5 Å². The Morgan fingerprint density at radius 3 is 2.69 bits per heavy atom. The monoisotopic (exact) mass is 346 g/mol. The Morgan fingerprint density at radius 2 is 1.92 bits per heavy atom. The van der Waals surface area contributed by atoms with E-state index in [1.165, 1.54) is 17.5 Å². The number of aromatic nitrogens is 3. The third kappa shape index (κ3) is 3.52. The van der Waals surface area contributed by atoms with Crippen molar-refractivity contribution in [2.45, 2.75) is 32.4 Å². The van der Waals surface area contributed by atoms with E-state index in [0.717, 1.165) is 17.5 Å². The van der Waals surface area contributed by atoms with Crippen LogP contribution in [-0.2, 0) is 17.9 Å². The summed E-state index contributed by atoms with van der Waals surface area (Å²) in [6.45, 7) is 3.31. The number of hydrogen-bond acceptors (Lipinski definition) is 3. The van der Waals surface area contributed by atoms with Gasteiger partial charge < -0.3 is 5.32 Å². The maximum atomic E-state index is 12.6. The van der Waals surface area contributed by atoms with E-state index < -0.39 is 0 Å². The van der Waals surface area contributed by atoms with E-state index in [1.807, 2.05) is 18.2 Å². The van der Waals surface area contributed by atoms with Crippen LogP contribution in [0, 0.1) is 12.8 Å². The third-order valence-corrected chi connectivity index (χ3v) is 5.09. The van der Waals surface area contributed by atoms with Crippen LogP contribution in [0.15, 0.2) is 61.2 Å². The zero-order valence-corrected chi connectivity index (χ0v) is 14.8. The van der Waals surface area contributed by atoms with E-state index in [4.69, 9.17) is 0 Å². The van der Waals surface area contributed by atoms with Gasteiger partial charge >= 0.3 is 0 Å². The lowest BCUT2D eigenvalue weighted by Gasteiger charge is -2.11. The standard InChI is InChI=1S/C21H22N4O/c1-15-6-2-5-9-18(15)19-10-20(19)21(26)23-11-16-7-3-4-8-17(16)12-25-14-22-13-24-25/h2-9,13-14,19-20H,10-12H2,1H3,(H,23,26). The molecular formula is C21H22N4O. The van der Waals surface area contributed by atoms with Gasteiger partial charge in [-0.15, -0.1) is 0 Å². The smallest absolute Gasteiger partial charge is 0.224 e. The molecule has 0 radical (unpaired) electrons. The number of nitrogens with zero attached hydrogens (tertiary/aromatic N) is 3. The van der Waals surface area contributed by atoms with Gasteiger partial charge in [-0.05, 0) is 41.5 Å². The SMILES string of the molecule is Cc1ccccc1C1CC1C(=O)NCc1ccccc1Cn1cncn1. The molecule has 5 nitrogen and oxygen atoms in total. The lowest BCUT2D eigenvalue weighted by molar-refractivity contribution is -0.122. The fourth-order valence-electron chi connectivity index (χ4n) is 3.52. The summed E-state index contributed by atoms with van der Waals surface area (Å²) >= 11 is 0. The van der Waals surface area contributed by atoms with Crippen molar-refractivity contribution < 1.29 is 4.79 Å². The summed E-state index contributed by atoms with van der Waals surface area (Å²) in [5.41, 5.74) is 4.83. The highest BCUT2D eigenvalue weighted by Crippen LogP contribution is 2.48. The molecule has 3 aromatic rings. The molecule has 1 fully saturated rings. The van der Waals surface area contributed by atoms with Crippen LogP contribution in [0.5, 0.6) is 0 Å². The minimum absolute atomic E-state index is 0.0959. The summed E-state index contributed by atoms with van der Waals surface area (Å²) < 4.78 is 1.79. The number of rotatable bonds is 6. The minimum Gasteiger partial charge on any atom is -0.352 e. The molecule has 1 aliphatic rings.